The van der Waals surface area contributed by atoms with E-state index in [9.17, 15) is 14.4 Å². The second kappa shape index (κ2) is 4.91. The molecule has 1 N–H and O–H groups in total. The van der Waals surface area contributed by atoms with E-state index in [1.54, 1.807) is 0 Å². The summed E-state index contributed by atoms with van der Waals surface area (Å²) < 4.78 is 0. The van der Waals surface area contributed by atoms with Crippen LogP contribution in [0.3, 0.4) is 0 Å². The lowest BCUT2D eigenvalue weighted by molar-refractivity contribution is -0.142. The summed E-state index contributed by atoms with van der Waals surface area (Å²) in [5.41, 5.74) is -0.231. The number of barbiturate groups is 1. The van der Waals surface area contributed by atoms with Gasteiger partial charge >= 0.3 is 6.03 Å². The zero-order chi connectivity index (χ0) is 15.2. The highest BCUT2D eigenvalue weighted by molar-refractivity contribution is 7.14. The SMILES string of the molecule is CC(C)c1csc(N2C(=O)NC(=O)C3(CCCC3)C2=O)n1. The summed E-state index contributed by atoms with van der Waals surface area (Å²) in [6, 6.07) is -0.688. The number of hydrogen-bond acceptors (Lipinski definition) is 5. The van der Waals surface area contributed by atoms with Gasteiger partial charge in [0.25, 0.3) is 5.91 Å². The minimum absolute atomic E-state index is 0.222. The van der Waals surface area contributed by atoms with Crippen molar-refractivity contribution in [1.82, 2.24) is 10.3 Å². The molecule has 112 valence electrons. The average Bonchev–Trinajstić information content (AvgIpc) is 3.07. The number of carbonyl (C=O) groups is 3. The largest absolute Gasteiger partial charge is 0.337 e. The molecule has 0 aromatic carbocycles. The minimum atomic E-state index is -1.07. The highest BCUT2D eigenvalue weighted by Gasteiger charge is 2.56. The van der Waals surface area contributed by atoms with Gasteiger partial charge in [-0.05, 0) is 18.8 Å². The van der Waals surface area contributed by atoms with Gasteiger partial charge in [-0.3, -0.25) is 14.9 Å². The predicted molar refractivity (Wildman–Crippen MR) is 78.1 cm³/mol. The Kier molecular flexibility index (Phi) is 3.32. The number of hydrogen-bond donors (Lipinski definition) is 1. The molecule has 2 aliphatic rings. The highest BCUT2D eigenvalue weighted by Crippen LogP contribution is 2.43. The lowest BCUT2D eigenvalue weighted by Crippen LogP contribution is -2.63. The van der Waals surface area contributed by atoms with Gasteiger partial charge in [0.2, 0.25) is 11.0 Å². The summed E-state index contributed by atoms with van der Waals surface area (Å²) in [5, 5.41) is 4.52. The van der Waals surface area contributed by atoms with E-state index in [1.807, 2.05) is 19.2 Å². The minimum Gasteiger partial charge on any atom is -0.276 e. The van der Waals surface area contributed by atoms with E-state index in [0.29, 0.717) is 18.0 Å². The Labute approximate surface area is 126 Å². The Morgan fingerprint density at radius 3 is 2.52 bits per heavy atom. The number of anilines is 1. The van der Waals surface area contributed by atoms with Crippen LogP contribution in [-0.2, 0) is 9.59 Å². The van der Waals surface area contributed by atoms with Crippen molar-refractivity contribution >= 4 is 34.3 Å². The van der Waals surface area contributed by atoms with Crippen molar-refractivity contribution in [3.8, 4) is 0 Å². The second-order valence-corrected chi connectivity index (χ2v) is 6.74. The fourth-order valence-electron chi connectivity index (χ4n) is 2.91. The number of carbonyl (C=O) groups excluding carboxylic acids is 3. The fraction of sp³-hybridized carbons (Fsp3) is 0.571. The van der Waals surface area contributed by atoms with E-state index in [4.69, 9.17) is 0 Å². The Morgan fingerprint density at radius 2 is 1.95 bits per heavy atom. The number of urea groups is 1. The monoisotopic (exact) mass is 307 g/mol. The maximum absolute atomic E-state index is 12.8. The number of aromatic nitrogens is 1. The zero-order valence-electron chi connectivity index (χ0n) is 12.0. The molecule has 0 atom stereocenters. The van der Waals surface area contributed by atoms with Crippen LogP contribution in [0.5, 0.6) is 0 Å². The van der Waals surface area contributed by atoms with Crippen LogP contribution in [0.25, 0.3) is 0 Å². The summed E-state index contributed by atoms with van der Waals surface area (Å²) in [7, 11) is 0. The number of thiazole rings is 1. The molecule has 1 saturated carbocycles. The van der Waals surface area contributed by atoms with Gasteiger partial charge in [-0.25, -0.2) is 14.7 Å². The van der Waals surface area contributed by atoms with Crippen molar-refractivity contribution in [2.75, 3.05) is 4.90 Å². The van der Waals surface area contributed by atoms with E-state index >= 15 is 0 Å². The van der Waals surface area contributed by atoms with Gasteiger partial charge in [0.1, 0.15) is 5.41 Å². The van der Waals surface area contributed by atoms with E-state index in [-0.39, 0.29) is 5.92 Å². The first-order valence-corrected chi connectivity index (χ1v) is 7.99. The predicted octanol–water partition coefficient (Wildman–Crippen LogP) is 2.41. The molecule has 4 amide bonds. The van der Waals surface area contributed by atoms with Gasteiger partial charge in [-0.1, -0.05) is 26.7 Å². The standard InChI is InChI=1S/C14H17N3O3S/c1-8(2)9-7-21-13(15-9)17-11(19)14(5-3-4-6-14)10(18)16-12(17)20/h7-8H,3-6H2,1-2H3,(H,16,18,20). The summed E-state index contributed by atoms with van der Waals surface area (Å²) in [6.45, 7) is 4.00. The molecule has 1 spiro atoms. The first kappa shape index (κ1) is 14.2. The maximum atomic E-state index is 12.8. The van der Waals surface area contributed by atoms with Gasteiger partial charge < -0.3 is 0 Å². The van der Waals surface area contributed by atoms with Crippen LogP contribution in [0.1, 0.15) is 51.1 Å². The van der Waals surface area contributed by atoms with Gasteiger partial charge in [0.15, 0.2) is 0 Å². The van der Waals surface area contributed by atoms with Crippen molar-refractivity contribution in [2.45, 2.75) is 45.4 Å². The fourth-order valence-corrected chi connectivity index (χ4v) is 3.89. The first-order chi connectivity index (χ1) is 9.95. The van der Waals surface area contributed by atoms with Crippen molar-refractivity contribution in [1.29, 1.82) is 0 Å². The number of nitrogens with one attached hydrogen (secondary N) is 1. The summed E-state index contributed by atoms with van der Waals surface area (Å²) >= 11 is 1.26. The van der Waals surface area contributed by atoms with Crippen molar-refractivity contribution in [3.05, 3.63) is 11.1 Å². The van der Waals surface area contributed by atoms with E-state index in [1.165, 1.54) is 11.3 Å². The Hall–Kier alpha value is -1.76. The molecule has 1 aliphatic carbocycles. The van der Waals surface area contributed by atoms with Crippen molar-refractivity contribution in [3.63, 3.8) is 0 Å². The number of rotatable bonds is 2. The van der Waals surface area contributed by atoms with Crippen molar-refractivity contribution in [2.24, 2.45) is 5.41 Å². The summed E-state index contributed by atoms with van der Waals surface area (Å²) in [5.74, 6) is -0.648. The van der Waals surface area contributed by atoms with Gasteiger partial charge in [0.05, 0.1) is 5.69 Å². The lowest BCUT2D eigenvalue weighted by atomic mass is 9.82. The van der Waals surface area contributed by atoms with Crippen LogP contribution in [0, 0.1) is 5.41 Å². The van der Waals surface area contributed by atoms with E-state index in [2.05, 4.69) is 10.3 Å². The molecule has 0 radical (unpaired) electrons. The third-order valence-corrected chi connectivity index (χ3v) is 5.06. The molecule has 7 heteroatoms. The quantitative estimate of drug-likeness (QED) is 0.851. The average molecular weight is 307 g/mol. The molecular weight excluding hydrogens is 290 g/mol. The summed E-state index contributed by atoms with van der Waals surface area (Å²) in [4.78, 5) is 42.4. The van der Waals surface area contributed by atoms with E-state index in [0.717, 1.165) is 23.4 Å². The number of amides is 4. The van der Waals surface area contributed by atoms with Crippen LogP contribution >= 0.6 is 11.3 Å². The smallest absolute Gasteiger partial charge is 0.276 e. The molecule has 1 aromatic heterocycles. The molecule has 1 aliphatic heterocycles. The molecular formula is C14H17N3O3S. The van der Waals surface area contributed by atoms with Crippen LogP contribution in [0.4, 0.5) is 9.93 Å². The van der Waals surface area contributed by atoms with Gasteiger partial charge in [-0.2, -0.15) is 0 Å². The number of imide groups is 2. The lowest BCUT2D eigenvalue weighted by Gasteiger charge is -2.35. The summed E-state index contributed by atoms with van der Waals surface area (Å²) in [6.07, 6.45) is 2.67. The molecule has 2 fully saturated rings. The molecule has 1 saturated heterocycles. The molecule has 0 unspecified atom stereocenters. The molecule has 3 rings (SSSR count). The van der Waals surface area contributed by atoms with Crippen LogP contribution in [0.2, 0.25) is 0 Å². The molecule has 6 nitrogen and oxygen atoms in total. The topological polar surface area (TPSA) is 79.4 Å². The highest BCUT2D eigenvalue weighted by atomic mass is 32.1. The van der Waals surface area contributed by atoms with Gasteiger partial charge in [0, 0.05) is 5.38 Å². The Morgan fingerprint density at radius 1 is 1.29 bits per heavy atom. The van der Waals surface area contributed by atoms with Crippen LogP contribution < -0.4 is 10.2 Å². The Balaban J connectivity index is 1.98. The van der Waals surface area contributed by atoms with Crippen LogP contribution in [-0.4, -0.2) is 22.8 Å². The van der Waals surface area contributed by atoms with Gasteiger partial charge in [-0.15, -0.1) is 11.3 Å². The molecule has 0 bridgehead atoms. The first-order valence-electron chi connectivity index (χ1n) is 7.11. The zero-order valence-corrected chi connectivity index (χ0v) is 12.8. The van der Waals surface area contributed by atoms with E-state index < -0.39 is 23.3 Å². The van der Waals surface area contributed by atoms with Crippen molar-refractivity contribution < 1.29 is 14.4 Å². The normalized spacial score (nSPS) is 21.5. The second-order valence-electron chi connectivity index (χ2n) is 5.90. The molecule has 1 aromatic rings. The third-order valence-electron chi connectivity index (χ3n) is 4.22. The molecule has 2 heterocycles. The number of nitrogens with zero attached hydrogens (tertiary/aromatic N) is 2. The Bertz CT molecular complexity index is 617. The third kappa shape index (κ3) is 2.07. The van der Waals surface area contributed by atoms with Crippen LogP contribution in [0.15, 0.2) is 5.38 Å². The maximum Gasteiger partial charge on any atom is 0.337 e. The molecule has 21 heavy (non-hydrogen) atoms.